The van der Waals surface area contributed by atoms with Gasteiger partial charge in [0.25, 0.3) is 0 Å². The molecule has 0 spiro atoms. The minimum Gasteiger partial charge on any atom is -0.396 e. The number of benzene rings is 1. The van der Waals surface area contributed by atoms with Crippen molar-refractivity contribution < 1.29 is 14.3 Å². The number of carbonyl (C=O) groups is 1. The molecule has 3 rings (SSSR count). The summed E-state index contributed by atoms with van der Waals surface area (Å²) in [5, 5.41) is 16.6. The maximum atomic E-state index is 13.1. The zero-order valence-corrected chi connectivity index (χ0v) is 14.3. The first kappa shape index (κ1) is 17.6. The van der Waals surface area contributed by atoms with Crippen LogP contribution in [0.4, 0.5) is 10.2 Å². The number of aryl methyl sites for hydroxylation is 1. The smallest absolute Gasteiger partial charge is 0.239 e. The lowest BCUT2D eigenvalue weighted by Crippen LogP contribution is -2.41. The largest absolute Gasteiger partial charge is 0.396 e. The standard InChI is InChI=1S/C18H23FN4O2/c1-13-9-17(23(21-13)16-6-4-15(19)5-7-16)20-18(25)11-22-8-2-3-14(10-22)12-24/h4-7,9,14,24H,2-3,8,10-12H2,1H3,(H,20,25). The van der Waals surface area contributed by atoms with Crippen LogP contribution in [-0.2, 0) is 4.79 Å². The fourth-order valence-corrected chi connectivity index (χ4v) is 3.20. The predicted molar refractivity (Wildman–Crippen MR) is 93.1 cm³/mol. The first-order chi connectivity index (χ1) is 12.0. The van der Waals surface area contributed by atoms with Crippen molar-refractivity contribution in [1.82, 2.24) is 14.7 Å². The predicted octanol–water partition coefficient (Wildman–Crippen LogP) is 1.96. The zero-order valence-electron chi connectivity index (χ0n) is 14.3. The van der Waals surface area contributed by atoms with Gasteiger partial charge in [0.05, 0.1) is 17.9 Å². The molecule has 6 nitrogen and oxygen atoms in total. The number of aromatic nitrogens is 2. The quantitative estimate of drug-likeness (QED) is 0.868. The Kier molecular flexibility index (Phi) is 5.45. The number of likely N-dealkylation sites (tertiary alicyclic amines) is 1. The molecule has 0 radical (unpaired) electrons. The van der Waals surface area contributed by atoms with E-state index < -0.39 is 0 Å². The molecule has 1 atom stereocenters. The van der Waals surface area contributed by atoms with Gasteiger partial charge in [0.2, 0.25) is 5.91 Å². The van der Waals surface area contributed by atoms with E-state index in [1.54, 1.807) is 22.9 Å². The molecule has 1 aromatic heterocycles. The van der Waals surface area contributed by atoms with E-state index in [-0.39, 0.29) is 30.8 Å². The van der Waals surface area contributed by atoms with Gasteiger partial charge in [-0.15, -0.1) is 0 Å². The molecule has 2 heterocycles. The third-order valence-corrected chi connectivity index (χ3v) is 4.40. The van der Waals surface area contributed by atoms with Crippen LogP contribution < -0.4 is 5.32 Å². The lowest BCUT2D eigenvalue weighted by atomic mass is 9.99. The van der Waals surface area contributed by atoms with Crippen LogP contribution >= 0.6 is 0 Å². The van der Waals surface area contributed by atoms with Crippen molar-refractivity contribution in [3.8, 4) is 5.69 Å². The van der Waals surface area contributed by atoms with E-state index in [9.17, 15) is 14.3 Å². The summed E-state index contributed by atoms with van der Waals surface area (Å²) in [5.74, 6) is 0.363. The average Bonchev–Trinajstić information content (AvgIpc) is 2.95. The Labute approximate surface area is 146 Å². The molecule has 1 amide bonds. The summed E-state index contributed by atoms with van der Waals surface area (Å²) >= 11 is 0. The van der Waals surface area contributed by atoms with E-state index in [1.807, 2.05) is 6.92 Å². The Balaban J connectivity index is 1.68. The molecule has 1 saturated heterocycles. The number of nitrogens with zero attached hydrogens (tertiary/aromatic N) is 3. The van der Waals surface area contributed by atoms with Crippen molar-refractivity contribution >= 4 is 11.7 Å². The van der Waals surface area contributed by atoms with Crippen LogP contribution in [0.5, 0.6) is 0 Å². The number of piperidine rings is 1. The summed E-state index contributed by atoms with van der Waals surface area (Å²) in [6.45, 7) is 3.88. The summed E-state index contributed by atoms with van der Waals surface area (Å²) in [5.41, 5.74) is 1.45. The lowest BCUT2D eigenvalue weighted by molar-refractivity contribution is -0.117. The minimum absolute atomic E-state index is 0.123. The molecule has 2 aromatic rings. The number of aliphatic hydroxyl groups excluding tert-OH is 1. The third-order valence-electron chi connectivity index (χ3n) is 4.40. The van der Waals surface area contributed by atoms with Crippen LogP contribution in [-0.4, -0.2) is 51.9 Å². The number of hydrogen-bond acceptors (Lipinski definition) is 4. The molecule has 134 valence electrons. The molecule has 1 unspecified atom stereocenters. The Bertz CT molecular complexity index is 729. The van der Waals surface area contributed by atoms with Crippen molar-refractivity contribution in [2.24, 2.45) is 5.92 Å². The van der Waals surface area contributed by atoms with Crippen molar-refractivity contribution in [1.29, 1.82) is 0 Å². The van der Waals surface area contributed by atoms with E-state index in [0.29, 0.717) is 11.5 Å². The van der Waals surface area contributed by atoms with Crippen molar-refractivity contribution in [3.63, 3.8) is 0 Å². The molecule has 1 aliphatic rings. The maximum absolute atomic E-state index is 13.1. The fourth-order valence-electron chi connectivity index (χ4n) is 3.20. The molecule has 0 saturated carbocycles. The number of aliphatic hydroxyl groups is 1. The molecule has 1 aliphatic heterocycles. The second kappa shape index (κ2) is 7.76. The van der Waals surface area contributed by atoms with Gasteiger partial charge in [-0.3, -0.25) is 9.69 Å². The Morgan fingerprint density at radius 2 is 2.16 bits per heavy atom. The summed E-state index contributed by atoms with van der Waals surface area (Å²) in [6, 6.07) is 7.75. The first-order valence-electron chi connectivity index (χ1n) is 8.51. The highest BCUT2D eigenvalue weighted by molar-refractivity contribution is 5.91. The maximum Gasteiger partial charge on any atom is 0.239 e. The van der Waals surface area contributed by atoms with Gasteiger partial charge >= 0.3 is 0 Å². The second-order valence-electron chi connectivity index (χ2n) is 6.53. The van der Waals surface area contributed by atoms with Crippen LogP contribution in [0.2, 0.25) is 0 Å². The number of anilines is 1. The normalized spacial score (nSPS) is 18.3. The number of nitrogens with one attached hydrogen (secondary N) is 1. The summed E-state index contributed by atoms with van der Waals surface area (Å²) < 4.78 is 14.7. The van der Waals surface area contributed by atoms with Crippen LogP contribution in [0, 0.1) is 18.7 Å². The van der Waals surface area contributed by atoms with Crippen LogP contribution in [0.1, 0.15) is 18.5 Å². The van der Waals surface area contributed by atoms with E-state index in [0.717, 1.165) is 31.6 Å². The van der Waals surface area contributed by atoms with Crippen LogP contribution in [0.3, 0.4) is 0 Å². The van der Waals surface area contributed by atoms with Crippen LogP contribution in [0.25, 0.3) is 5.69 Å². The lowest BCUT2D eigenvalue weighted by Gasteiger charge is -2.31. The number of carbonyl (C=O) groups excluding carboxylic acids is 1. The number of hydrogen-bond donors (Lipinski definition) is 2. The van der Waals surface area contributed by atoms with Gasteiger partial charge in [0.1, 0.15) is 11.6 Å². The van der Waals surface area contributed by atoms with E-state index in [2.05, 4.69) is 15.3 Å². The summed E-state index contributed by atoms with van der Waals surface area (Å²) in [4.78, 5) is 14.5. The average molecular weight is 346 g/mol. The SMILES string of the molecule is Cc1cc(NC(=O)CN2CCCC(CO)C2)n(-c2ccc(F)cc2)n1. The number of rotatable bonds is 5. The van der Waals surface area contributed by atoms with Gasteiger partial charge in [-0.25, -0.2) is 9.07 Å². The molecule has 2 N–H and O–H groups in total. The highest BCUT2D eigenvalue weighted by Gasteiger charge is 2.21. The topological polar surface area (TPSA) is 70.4 Å². The fraction of sp³-hybridized carbons (Fsp3) is 0.444. The van der Waals surface area contributed by atoms with Gasteiger partial charge in [-0.2, -0.15) is 5.10 Å². The molecular weight excluding hydrogens is 323 g/mol. The van der Waals surface area contributed by atoms with E-state index in [1.165, 1.54) is 12.1 Å². The molecule has 1 fully saturated rings. The molecular formula is C18H23FN4O2. The van der Waals surface area contributed by atoms with Gasteiger partial charge in [0.15, 0.2) is 0 Å². The monoisotopic (exact) mass is 346 g/mol. The third kappa shape index (κ3) is 4.43. The van der Waals surface area contributed by atoms with Gasteiger partial charge < -0.3 is 10.4 Å². The van der Waals surface area contributed by atoms with Gasteiger partial charge in [-0.1, -0.05) is 0 Å². The van der Waals surface area contributed by atoms with Crippen molar-refractivity contribution in [2.45, 2.75) is 19.8 Å². The Morgan fingerprint density at radius 3 is 2.88 bits per heavy atom. The Hall–Kier alpha value is -2.25. The summed E-state index contributed by atoms with van der Waals surface area (Å²) in [7, 11) is 0. The first-order valence-corrected chi connectivity index (χ1v) is 8.51. The summed E-state index contributed by atoms with van der Waals surface area (Å²) in [6.07, 6.45) is 2.00. The van der Waals surface area contributed by atoms with Gasteiger partial charge in [0, 0.05) is 19.2 Å². The highest BCUT2D eigenvalue weighted by atomic mass is 19.1. The zero-order chi connectivity index (χ0) is 17.8. The van der Waals surface area contributed by atoms with E-state index in [4.69, 9.17) is 0 Å². The molecule has 1 aromatic carbocycles. The molecule has 25 heavy (non-hydrogen) atoms. The molecule has 0 bridgehead atoms. The van der Waals surface area contributed by atoms with Gasteiger partial charge in [-0.05, 0) is 56.5 Å². The Morgan fingerprint density at radius 1 is 1.40 bits per heavy atom. The van der Waals surface area contributed by atoms with Crippen molar-refractivity contribution in [2.75, 3.05) is 31.6 Å². The van der Waals surface area contributed by atoms with Crippen molar-refractivity contribution in [3.05, 3.63) is 41.8 Å². The number of amides is 1. The highest BCUT2D eigenvalue weighted by Crippen LogP contribution is 2.19. The second-order valence-corrected chi connectivity index (χ2v) is 6.53. The number of halogens is 1. The van der Waals surface area contributed by atoms with E-state index >= 15 is 0 Å². The minimum atomic E-state index is -0.318. The van der Waals surface area contributed by atoms with Crippen LogP contribution in [0.15, 0.2) is 30.3 Å². The molecule has 0 aliphatic carbocycles. The molecule has 7 heteroatoms.